The Morgan fingerprint density at radius 3 is 2.37 bits per heavy atom. The molecule has 0 aliphatic carbocycles. The third kappa shape index (κ3) is 5.52. The molecule has 3 aromatic rings. The van der Waals surface area contributed by atoms with Crippen molar-refractivity contribution in [3.63, 3.8) is 0 Å². The van der Waals surface area contributed by atoms with E-state index in [0.29, 0.717) is 6.42 Å². The average molecular weight is 500 g/mol. The Kier molecular flexibility index (Phi) is 7.92. The van der Waals surface area contributed by atoms with E-state index < -0.39 is 27.2 Å². The summed E-state index contributed by atoms with van der Waals surface area (Å²) in [6, 6.07) is 14.7. The number of nitrogens with one attached hydrogen (secondary N) is 1. The number of amides is 1. The number of carbonyl (C=O) groups excluding carboxylic acids is 1. The first-order valence-electron chi connectivity index (χ1n) is 11.1. The lowest BCUT2D eigenvalue weighted by Gasteiger charge is -2.25. The number of carbonyl (C=O) groups is 1. The fraction of sp³-hybridized carbons (Fsp3) is 0.292. The van der Waals surface area contributed by atoms with Crippen LogP contribution in [0.3, 0.4) is 0 Å². The van der Waals surface area contributed by atoms with Gasteiger partial charge < -0.3 is 10.6 Å². The summed E-state index contributed by atoms with van der Waals surface area (Å²) in [7, 11) is -0.986. The molecule has 0 bridgehead atoms. The van der Waals surface area contributed by atoms with E-state index in [1.807, 2.05) is 37.3 Å². The second-order valence-electron chi connectivity index (χ2n) is 8.19. The van der Waals surface area contributed by atoms with E-state index in [1.54, 1.807) is 0 Å². The molecular weight excluding hydrogens is 470 g/mol. The Balaban J connectivity index is 2.12. The van der Waals surface area contributed by atoms with Crippen LogP contribution in [0.25, 0.3) is 0 Å². The number of aromatic nitrogens is 2. The van der Waals surface area contributed by atoms with Gasteiger partial charge in [0.15, 0.2) is 5.69 Å². The maximum atomic E-state index is 13.6. The van der Waals surface area contributed by atoms with Gasteiger partial charge in [-0.3, -0.25) is 19.1 Å². The molecule has 1 amide bonds. The molecule has 0 saturated heterocycles. The molecule has 10 nitrogen and oxygen atoms in total. The van der Waals surface area contributed by atoms with E-state index in [2.05, 4.69) is 4.98 Å². The largest absolute Gasteiger partial charge is 0.383 e. The maximum Gasteiger partial charge on any atom is 0.330 e. The molecule has 0 unspecified atom stereocenters. The van der Waals surface area contributed by atoms with Gasteiger partial charge in [-0.05, 0) is 30.2 Å². The fourth-order valence-electron chi connectivity index (χ4n) is 3.55. The van der Waals surface area contributed by atoms with Crippen LogP contribution in [0.4, 0.5) is 11.5 Å². The molecule has 0 spiro atoms. The topological polar surface area (TPSA) is 139 Å². The van der Waals surface area contributed by atoms with E-state index in [1.165, 1.54) is 47.8 Å². The molecule has 35 heavy (non-hydrogen) atoms. The van der Waals surface area contributed by atoms with Crippen molar-refractivity contribution in [3.8, 4) is 0 Å². The summed E-state index contributed by atoms with van der Waals surface area (Å²) < 4.78 is 27.4. The number of H-pyrrole nitrogens is 1. The van der Waals surface area contributed by atoms with Crippen LogP contribution in [0, 0.1) is 0 Å². The van der Waals surface area contributed by atoms with Crippen LogP contribution in [-0.4, -0.2) is 48.8 Å². The zero-order valence-electron chi connectivity index (χ0n) is 19.9. The van der Waals surface area contributed by atoms with Crippen molar-refractivity contribution in [2.45, 2.75) is 31.2 Å². The van der Waals surface area contributed by atoms with Crippen LogP contribution in [0.1, 0.15) is 35.7 Å². The molecule has 3 N–H and O–H groups in total. The van der Waals surface area contributed by atoms with Gasteiger partial charge in [0, 0.05) is 26.2 Å². The van der Waals surface area contributed by atoms with Crippen molar-refractivity contribution in [1.82, 2.24) is 13.9 Å². The van der Waals surface area contributed by atoms with Gasteiger partial charge in [-0.1, -0.05) is 49.7 Å². The van der Waals surface area contributed by atoms with Crippen molar-refractivity contribution in [2.75, 3.05) is 31.3 Å². The Bertz CT molecular complexity index is 1430. The van der Waals surface area contributed by atoms with Gasteiger partial charge in [0.05, 0.1) is 11.4 Å². The summed E-state index contributed by atoms with van der Waals surface area (Å²) in [5.41, 5.74) is 5.53. The number of unbranched alkanes of at least 4 members (excludes halogenated alkanes) is 1. The summed E-state index contributed by atoms with van der Waals surface area (Å²) in [6.07, 6.45) is 1.28. The lowest BCUT2D eigenvalue weighted by atomic mass is 10.1. The zero-order valence-corrected chi connectivity index (χ0v) is 20.7. The molecular formula is C24H29N5O5S. The van der Waals surface area contributed by atoms with E-state index in [0.717, 1.165) is 16.3 Å². The van der Waals surface area contributed by atoms with Crippen molar-refractivity contribution < 1.29 is 13.2 Å². The van der Waals surface area contributed by atoms with Crippen LogP contribution >= 0.6 is 0 Å². The van der Waals surface area contributed by atoms with Crippen molar-refractivity contribution in [1.29, 1.82) is 0 Å². The van der Waals surface area contributed by atoms with Crippen LogP contribution in [0.15, 0.2) is 69.1 Å². The van der Waals surface area contributed by atoms with Crippen LogP contribution < -0.4 is 21.9 Å². The second-order valence-corrected chi connectivity index (χ2v) is 10.3. The summed E-state index contributed by atoms with van der Waals surface area (Å²) in [5, 5.41) is 0. The highest BCUT2D eigenvalue weighted by Gasteiger charge is 2.26. The number of nitrogen functional groups attached to an aromatic ring is 1. The molecule has 2 aromatic carbocycles. The van der Waals surface area contributed by atoms with Gasteiger partial charge in [-0.25, -0.2) is 17.5 Å². The van der Waals surface area contributed by atoms with E-state index in [9.17, 15) is 22.8 Å². The van der Waals surface area contributed by atoms with Gasteiger partial charge in [-0.2, -0.15) is 0 Å². The number of rotatable bonds is 9. The minimum atomic E-state index is -3.78. The van der Waals surface area contributed by atoms with Crippen LogP contribution in [0.5, 0.6) is 0 Å². The number of benzene rings is 2. The van der Waals surface area contributed by atoms with Crippen molar-refractivity contribution in [2.24, 2.45) is 0 Å². The number of nitrogens with two attached hydrogens (primary N) is 1. The first kappa shape index (κ1) is 25.9. The lowest BCUT2D eigenvalue weighted by molar-refractivity contribution is 0.0986. The summed E-state index contributed by atoms with van der Waals surface area (Å²) in [4.78, 5) is 42.4. The minimum absolute atomic E-state index is 0.0558. The first-order valence-corrected chi connectivity index (χ1v) is 12.5. The highest BCUT2D eigenvalue weighted by atomic mass is 32.2. The fourth-order valence-corrected chi connectivity index (χ4v) is 4.50. The normalized spacial score (nSPS) is 11.5. The molecule has 0 fully saturated rings. The monoisotopic (exact) mass is 499 g/mol. The minimum Gasteiger partial charge on any atom is -0.383 e. The molecule has 11 heteroatoms. The summed E-state index contributed by atoms with van der Waals surface area (Å²) >= 11 is 0. The molecule has 3 rings (SSSR count). The predicted molar refractivity (Wildman–Crippen MR) is 135 cm³/mol. The lowest BCUT2D eigenvalue weighted by Crippen LogP contribution is -2.41. The number of anilines is 2. The smallest absolute Gasteiger partial charge is 0.330 e. The highest BCUT2D eigenvalue weighted by molar-refractivity contribution is 7.89. The third-order valence-corrected chi connectivity index (χ3v) is 7.32. The molecule has 0 saturated carbocycles. The predicted octanol–water partition coefficient (Wildman–Crippen LogP) is 1.86. The Hall–Kier alpha value is -3.70. The Morgan fingerprint density at radius 1 is 1.06 bits per heavy atom. The van der Waals surface area contributed by atoms with Gasteiger partial charge in [0.2, 0.25) is 10.0 Å². The van der Waals surface area contributed by atoms with Crippen molar-refractivity contribution >= 4 is 27.4 Å². The number of nitrogens with zero attached hydrogens (tertiary/aromatic N) is 3. The number of hydrogen-bond acceptors (Lipinski definition) is 6. The first-order chi connectivity index (χ1) is 16.6. The third-order valence-electron chi connectivity index (χ3n) is 5.51. The Labute approximate surface area is 203 Å². The second kappa shape index (κ2) is 10.7. The summed E-state index contributed by atoms with van der Waals surface area (Å²) in [6.45, 7) is 2.18. The molecule has 1 aromatic heterocycles. The SMILES string of the molecule is CCCCN(C(=O)c1cccc(S(=O)(=O)N(C)C)c1)c1c(N)n(Cc2ccccc2)c(=O)[nH]c1=O. The number of aromatic amines is 1. The molecule has 0 radical (unpaired) electrons. The zero-order chi connectivity index (χ0) is 25.8. The Morgan fingerprint density at radius 2 is 1.74 bits per heavy atom. The van der Waals surface area contributed by atoms with Crippen LogP contribution in [0.2, 0.25) is 0 Å². The molecule has 0 aliphatic rings. The van der Waals surface area contributed by atoms with Gasteiger partial charge in [0.1, 0.15) is 5.82 Å². The molecule has 0 atom stereocenters. The standard InChI is InChI=1S/C24H29N5O5S/c1-4-5-14-28(23(31)18-12-9-13-19(15-18)35(33,34)27(2)3)20-21(25)29(24(32)26-22(20)30)16-17-10-7-6-8-11-17/h6-13,15H,4-5,14,16,25H2,1-3H3,(H,26,30,32). The van der Waals surface area contributed by atoms with Crippen LogP contribution in [-0.2, 0) is 16.6 Å². The molecule has 186 valence electrons. The van der Waals surface area contributed by atoms with Gasteiger partial charge in [-0.15, -0.1) is 0 Å². The van der Waals surface area contributed by atoms with E-state index in [4.69, 9.17) is 5.73 Å². The molecule has 0 aliphatic heterocycles. The molecule has 1 heterocycles. The van der Waals surface area contributed by atoms with Gasteiger partial charge >= 0.3 is 5.69 Å². The van der Waals surface area contributed by atoms with Gasteiger partial charge in [0.25, 0.3) is 11.5 Å². The maximum absolute atomic E-state index is 13.6. The number of hydrogen-bond donors (Lipinski definition) is 2. The average Bonchev–Trinajstić information content (AvgIpc) is 2.84. The number of sulfonamides is 1. The summed E-state index contributed by atoms with van der Waals surface area (Å²) in [5.74, 6) is -0.750. The van der Waals surface area contributed by atoms with E-state index >= 15 is 0 Å². The quantitative estimate of drug-likeness (QED) is 0.461. The highest BCUT2D eigenvalue weighted by Crippen LogP contribution is 2.23. The van der Waals surface area contributed by atoms with Crippen molar-refractivity contribution in [3.05, 3.63) is 86.6 Å². The van der Waals surface area contributed by atoms with E-state index in [-0.39, 0.29) is 35.1 Å².